The van der Waals surface area contributed by atoms with Gasteiger partial charge in [0.2, 0.25) is 0 Å². The summed E-state index contributed by atoms with van der Waals surface area (Å²) in [6, 6.07) is 4.38. The van der Waals surface area contributed by atoms with Crippen molar-refractivity contribution in [3.63, 3.8) is 0 Å². The van der Waals surface area contributed by atoms with E-state index in [1.165, 1.54) is 19.1 Å². The predicted octanol–water partition coefficient (Wildman–Crippen LogP) is 2.18. The zero-order valence-electron chi connectivity index (χ0n) is 8.50. The van der Waals surface area contributed by atoms with Crippen molar-refractivity contribution in [2.24, 2.45) is 0 Å². The molecule has 0 heterocycles. The van der Waals surface area contributed by atoms with Crippen LogP contribution in [0.3, 0.4) is 0 Å². The zero-order chi connectivity index (χ0) is 11.4. The van der Waals surface area contributed by atoms with Gasteiger partial charge < -0.3 is 4.74 Å². The Labute approximate surface area is 87.1 Å². The maximum absolute atomic E-state index is 13.4. The van der Waals surface area contributed by atoms with E-state index in [9.17, 15) is 9.18 Å². The summed E-state index contributed by atoms with van der Waals surface area (Å²) in [6.07, 6.45) is 0. The minimum absolute atomic E-state index is 0.0689. The average Bonchev–Trinajstić information content (AvgIpc) is 2.22. The Morgan fingerprint density at radius 2 is 2.27 bits per heavy atom. The molecular weight excluding hydrogens is 197 g/mol. The molecule has 4 heteroatoms. The first-order valence-corrected chi connectivity index (χ1v) is 4.48. The van der Waals surface area contributed by atoms with Crippen LogP contribution in [-0.2, 0) is 4.74 Å². The third-order valence-electron chi connectivity index (χ3n) is 2.00. The van der Waals surface area contributed by atoms with Gasteiger partial charge in [-0.05, 0) is 26.0 Å². The highest BCUT2D eigenvalue weighted by atomic mass is 19.1. The SMILES string of the molecule is CCOC(=O)c1ccc(C#N)c(F)c1C. The molecule has 1 aromatic rings. The summed E-state index contributed by atoms with van der Waals surface area (Å²) in [4.78, 5) is 11.3. The number of halogens is 1. The van der Waals surface area contributed by atoms with Gasteiger partial charge in [-0.25, -0.2) is 9.18 Å². The van der Waals surface area contributed by atoms with Crippen LogP contribution in [0.5, 0.6) is 0 Å². The highest BCUT2D eigenvalue weighted by Crippen LogP contribution is 2.17. The fraction of sp³-hybridized carbons (Fsp3) is 0.273. The largest absolute Gasteiger partial charge is 0.462 e. The van der Waals surface area contributed by atoms with Gasteiger partial charge in [-0.15, -0.1) is 0 Å². The van der Waals surface area contributed by atoms with Crippen molar-refractivity contribution in [2.75, 3.05) is 6.61 Å². The number of hydrogen-bond donors (Lipinski definition) is 0. The third kappa shape index (κ3) is 2.13. The van der Waals surface area contributed by atoms with Gasteiger partial charge in [0.05, 0.1) is 17.7 Å². The number of benzene rings is 1. The summed E-state index contributed by atoms with van der Waals surface area (Å²) in [5, 5.41) is 8.57. The number of carbonyl (C=O) groups is 1. The van der Waals surface area contributed by atoms with Crippen molar-refractivity contribution in [2.45, 2.75) is 13.8 Å². The van der Waals surface area contributed by atoms with Gasteiger partial charge in [-0.3, -0.25) is 0 Å². The Bertz CT molecular complexity index is 435. The lowest BCUT2D eigenvalue weighted by molar-refractivity contribution is 0.0525. The van der Waals surface area contributed by atoms with Gasteiger partial charge in [-0.1, -0.05) is 0 Å². The molecule has 0 N–H and O–H groups in total. The number of carbonyl (C=O) groups excluding carboxylic acids is 1. The van der Waals surface area contributed by atoms with E-state index in [-0.39, 0.29) is 23.3 Å². The second kappa shape index (κ2) is 4.56. The van der Waals surface area contributed by atoms with Crippen molar-refractivity contribution in [3.8, 4) is 6.07 Å². The van der Waals surface area contributed by atoms with Crippen LogP contribution in [-0.4, -0.2) is 12.6 Å². The zero-order valence-corrected chi connectivity index (χ0v) is 8.50. The highest BCUT2D eigenvalue weighted by Gasteiger charge is 2.15. The van der Waals surface area contributed by atoms with Gasteiger partial charge in [0.25, 0.3) is 0 Å². The Morgan fingerprint density at radius 3 is 2.80 bits per heavy atom. The first-order chi connectivity index (χ1) is 7.11. The molecule has 0 aromatic heterocycles. The van der Waals surface area contributed by atoms with Gasteiger partial charge >= 0.3 is 5.97 Å². The summed E-state index contributed by atoms with van der Waals surface area (Å²) >= 11 is 0. The summed E-state index contributed by atoms with van der Waals surface area (Å²) in [6.45, 7) is 3.36. The molecule has 0 atom stereocenters. The number of hydrogen-bond acceptors (Lipinski definition) is 3. The first-order valence-electron chi connectivity index (χ1n) is 4.48. The molecule has 0 spiro atoms. The van der Waals surface area contributed by atoms with Crippen molar-refractivity contribution in [3.05, 3.63) is 34.6 Å². The Kier molecular flexibility index (Phi) is 3.40. The molecule has 0 aliphatic heterocycles. The van der Waals surface area contributed by atoms with E-state index in [0.29, 0.717) is 0 Å². The van der Waals surface area contributed by atoms with Crippen molar-refractivity contribution < 1.29 is 13.9 Å². The van der Waals surface area contributed by atoms with Gasteiger partial charge in [0.15, 0.2) is 0 Å². The molecule has 0 saturated carbocycles. The quantitative estimate of drug-likeness (QED) is 0.698. The predicted molar refractivity (Wildman–Crippen MR) is 51.8 cm³/mol. The summed E-state index contributed by atoms with van der Waals surface area (Å²) in [5.74, 6) is -1.23. The van der Waals surface area contributed by atoms with Crippen LogP contribution in [0, 0.1) is 24.1 Å². The molecule has 0 fully saturated rings. The Balaban J connectivity index is 3.19. The average molecular weight is 207 g/mol. The van der Waals surface area contributed by atoms with Crippen LogP contribution >= 0.6 is 0 Å². The molecule has 1 aromatic carbocycles. The molecule has 0 saturated heterocycles. The molecule has 0 bridgehead atoms. The lowest BCUT2D eigenvalue weighted by Crippen LogP contribution is -2.08. The molecule has 15 heavy (non-hydrogen) atoms. The maximum Gasteiger partial charge on any atom is 0.338 e. The molecule has 0 unspecified atom stereocenters. The Hall–Kier alpha value is -1.89. The van der Waals surface area contributed by atoms with Crippen molar-refractivity contribution in [1.29, 1.82) is 5.26 Å². The lowest BCUT2D eigenvalue weighted by Gasteiger charge is -2.06. The molecule has 3 nitrogen and oxygen atoms in total. The molecule has 0 radical (unpaired) electrons. The fourth-order valence-electron chi connectivity index (χ4n) is 1.20. The van der Waals surface area contributed by atoms with Gasteiger partial charge in [-0.2, -0.15) is 5.26 Å². The summed E-state index contributed by atoms with van der Waals surface area (Å²) in [5.41, 5.74) is 0.237. The Morgan fingerprint density at radius 1 is 1.60 bits per heavy atom. The fourth-order valence-corrected chi connectivity index (χ4v) is 1.20. The number of nitriles is 1. The standard InChI is InChI=1S/C11H10FNO2/c1-3-15-11(14)9-5-4-8(6-13)10(12)7(9)2/h4-5H,3H2,1-2H3. The minimum atomic E-state index is -0.664. The molecule has 0 aliphatic carbocycles. The number of esters is 1. The second-order valence-electron chi connectivity index (χ2n) is 2.93. The first kappa shape index (κ1) is 11.2. The monoisotopic (exact) mass is 207 g/mol. The lowest BCUT2D eigenvalue weighted by atomic mass is 10.0. The van der Waals surface area contributed by atoms with Gasteiger partial charge in [0.1, 0.15) is 11.9 Å². The molecular formula is C11H10FNO2. The van der Waals surface area contributed by atoms with E-state index >= 15 is 0 Å². The van der Waals surface area contributed by atoms with Crippen LogP contribution < -0.4 is 0 Å². The summed E-state index contributed by atoms with van der Waals surface area (Å²) < 4.78 is 18.2. The van der Waals surface area contributed by atoms with E-state index in [4.69, 9.17) is 10.00 Å². The van der Waals surface area contributed by atoms with Crippen LogP contribution in [0.15, 0.2) is 12.1 Å². The smallest absolute Gasteiger partial charge is 0.338 e. The molecule has 78 valence electrons. The summed E-state index contributed by atoms with van der Waals surface area (Å²) in [7, 11) is 0. The normalized spacial score (nSPS) is 9.47. The highest BCUT2D eigenvalue weighted by molar-refractivity contribution is 5.91. The van der Waals surface area contributed by atoms with E-state index < -0.39 is 11.8 Å². The minimum Gasteiger partial charge on any atom is -0.462 e. The van der Waals surface area contributed by atoms with E-state index in [1.54, 1.807) is 13.0 Å². The molecule has 0 aliphatic rings. The van der Waals surface area contributed by atoms with Crippen LogP contribution in [0.25, 0.3) is 0 Å². The number of rotatable bonds is 2. The maximum atomic E-state index is 13.4. The second-order valence-corrected chi connectivity index (χ2v) is 2.93. The number of ether oxygens (including phenoxy) is 1. The van der Waals surface area contributed by atoms with Gasteiger partial charge in [0, 0.05) is 5.56 Å². The van der Waals surface area contributed by atoms with E-state index in [1.807, 2.05) is 0 Å². The number of nitrogens with zero attached hydrogens (tertiary/aromatic N) is 1. The molecule has 0 amide bonds. The molecule has 1 rings (SSSR count). The topological polar surface area (TPSA) is 50.1 Å². The van der Waals surface area contributed by atoms with Crippen molar-refractivity contribution in [1.82, 2.24) is 0 Å². The van der Waals surface area contributed by atoms with E-state index in [0.717, 1.165) is 0 Å². The van der Waals surface area contributed by atoms with Crippen LogP contribution in [0.1, 0.15) is 28.4 Å². The van der Waals surface area contributed by atoms with Crippen LogP contribution in [0.4, 0.5) is 4.39 Å². The third-order valence-corrected chi connectivity index (χ3v) is 2.00. The van der Waals surface area contributed by atoms with Crippen molar-refractivity contribution >= 4 is 5.97 Å². The van der Waals surface area contributed by atoms with E-state index in [2.05, 4.69) is 0 Å². The van der Waals surface area contributed by atoms with Crippen LogP contribution in [0.2, 0.25) is 0 Å².